The molecular weight excluding hydrogens is 389 g/mol. The third-order valence-electron chi connectivity index (χ3n) is 4.54. The zero-order chi connectivity index (χ0) is 21.3. The van der Waals surface area contributed by atoms with E-state index in [1.807, 2.05) is 0 Å². The smallest absolute Gasteiger partial charge is 0.337 e. The number of aryl methyl sites for hydroxylation is 1. The number of carbonyl (C=O) groups excluding carboxylic acids is 2. The molecule has 30 heavy (non-hydrogen) atoms. The fraction of sp³-hybridized carbons (Fsp3) is 0.0909. The minimum atomic E-state index is -0.508. The van der Waals surface area contributed by atoms with Gasteiger partial charge in [-0.2, -0.15) is 0 Å². The molecule has 2 aromatic carbocycles. The first kappa shape index (κ1) is 19.3. The van der Waals surface area contributed by atoms with E-state index in [1.165, 1.54) is 25.3 Å². The number of pyridine rings is 1. The maximum Gasteiger partial charge on any atom is 0.337 e. The van der Waals surface area contributed by atoms with Gasteiger partial charge in [-0.3, -0.25) is 4.79 Å². The van der Waals surface area contributed by atoms with Crippen LogP contribution < -0.4 is 5.32 Å². The Morgan fingerprint density at radius 1 is 1.10 bits per heavy atom. The number of amides is 1. The average Bonchev–Trinajstić information content (AvgIpc) is 3.14. The van der Waals surface area contributed by atoms with Gasteiger partial charge in [0, 0.05) is 11.3 Å². The summed E-state index contributed by atoms with van der Waals surface area (Å²) in [7, 11) is 1.28. The summed E-state index contributed by atoms with van der Waals surface area (Å²) in [6.45, 7) is 1.71. The highest BCUT2D eigenvalue weighted by molar-refractivity contribution is 6.13. The Labute approximate surface area is 170 Å². The summed E-state index contributed by atoms with van der Waals surface area (Å²) in [5.41, 5.74) is 2.79. The number of halogens is 1. The highest BCUT2D eigenvalue weighted by atomic mass is 19.1. The molecule has 0 saturated heterocycles. The molecule has 0 aliphatic heterocycles. The zero-order valence-corrected chi connectivity index (χ0v) is 16.1. The van der Waals surface area contributed by atoms with Crippen LogP contribution in [0, 0.1) is 12.7 Å². The molecule has 2 heterocycles. The van der Waals surface area contributed by atoms with Gasteiger partial charge in [-0.25, -0.2) is 14.2 Å². The van der Waals surface area contributed by atoms with E-state index >= 15 is 0 Å². The maximum absolute atomic E-state index is 13.3. The van der Waals surface area contributed by atoms with E-state index in [1.54, 1.807) is 43.3 Å². The Kier molecular flexibility index (Phi) is 4.97. The molecule has 0 saturated carbocycles. The van der Waals surface area contributed by atoms with E-state index in [0.717, 1.165) is 0 Å². The molecule has 0 unspecified atom stereocenters. The number of methoxy groups -OCH3 is 1. The monoisotopic (exact) mass is 405 g/mol. The molecule has 7 nitrogen and oxygen atoms in total. The van der Waals surface area contributed by atoms with Crippen LogP contribution in [0.3, 0.4) is 0 Å². The molecule has 0 radical (unpaired) electrons. The molecule has 0 fully saturated rings. The van der Waals surface area contributed by atoms with Gasteiger partial charge in [-0.1, -0.05) is 11.2 Å². The molecule has 4 aromatic rings. The third kappa shape index (κ3) is 3.62. The molecule has 0 bridgehead atoms. The van der Waals surface area contributed by atoms with Gasteiger partial charge in [0.25, 0.3) is 11.6 Å². The molecule has 1 N–H and O–H groups in total. The van der Waals surface area contributed by atoms with Crippen molar-refractivity contribution in [3.63, 3.8) is 0 Å². The summed E-state index contributed by atoms with van der Waals surface area (Å²) in [6, 6.07) is 13.7. The van der Waals surface area contributed by atoms with Crippen LogP contribution in [-0.2, 0) is 4.74 Å². The van der Waals surface area contributed by atoms with Crippen molar-refractivity contribution in [3.8, 4) is 11.3 Å². The summed E-state index contributed by atoms with van der Waals surface area (Å²) in [5.74, 6) is -1.32. The van der Waals surface area contributed by atoms with Gasteiger partial charge in [0.2, 0.25) is 0 Å². The number of hydrogen-bond donors (Lipinski definition) is 1. The van der Waals surface area contributed by atoms with E-state index in [-0.39, 0.29) is 11.5 Å². The van der Waals surface area contributed by atoms with E-state index in [2.05, 4.69) is 15.5 Å². The molecule has 0 aliphatic rings. The van der Waals surface area contributed by atoms with Gasteiger partial charge in [-0.05, 0) is 55.5 Å². The lowest BCUT2D eigenvalue weighted by Crippen LogP contribution is -2.14. The molecule has 4 rings (SSSR count). The number of ether oxygens (including phenoxy) is 1. The molecule has 0 atom stereocenters. The number of esters is 1. The summed E-state index contributed by atoms with van der Waals surface area (Å²) in [6.07, 6.45) is 0. The minimum Gasteiger partial charge on any atom is -0.465 e. The van der Waals surface area contributed by atoms with Gasteiger partial charge < -0.3 is 14.6 Å². The second kappa shape index (κ2) is 7.75. The number of hydrogen-bond acceptors (Lipinski definition) is 6. The van der Waals surface area contributed by atoms with E-state index in [0.29, 0.717) is 39.2 Å². The number of benzene rings is 2. The quantitative estimate of drug-likeness (QED) is 0.507. The average molecular weight is 405 g/mol. The Morgan fingerprint density at radius 3 is 2.60 bits per heavy atom. The van der Waals surface area contributed by atoms with Gasteiger partial charge in [0.15, 0.2) is 0 Å². The van der Waals surface area contributed by atoms with Crippen molar-refractivity contribution in [2.75, 3.05) is 12.4 Å². The third-order valence-corrected chi connectivity index (χ3v) is 4.54. The zero-order valence-electron chi connectivity index (χ0n) is 16.1. The van der Waals surface area contributed by atoms with Crippen LogP contribution in [0.4, 0.5) is 10.1 Å². The Balaban J connectivity index is 1.75. The van der Waals surface area contributed by atoms with Crippen LogP contribution in [0.5, 0.6) is 0 Å². The first-order valence-corrected chi connectivity index (χ1v) is 8.99. The molecule has 150 valence electrons. The number of carbonyl (C=O) groups is 2. The van der Waals surface area contributed by atoms with Crippen molar-refractivity contribution in [2.45, 2.75) is 6.92 Å². The largest absolute Gasteiger partial charge is 0.465 e. The first-order chi connectivity index (χ1) is 14.5. The number of nitrogens with zero attached hydrogens (tertiary/aromatic N) is 2. The number of fused-ring (bicyclic) bond motifs is 1. The first-order valence-electron chi connectivity index (χ1n) is 8.99. The highest BCUT2D eigenvalue weighted by Gasteiger charge is 2.20. The fourth-order valence-electron chi connectivity index (χ4n) is 3.08. The normalized spacial score (nSPS) is 10.8. The topological polar surface area (TPSA) is 94.3 Å². The predicted molar refractivity (Wildman–Crippen MR) is 108 cm³/mol. The number of nitrogens with one attached hydrogen (secondary N) is 1. The Morgan fingerprint density at radius 2 is 1.87 bits per heavy atom. The highest BCUT2D eigenvalue weighted by Crippen LogP contribution is 2.28. The van der Waals surface area contributed by atoms with Crippen molar-refractivity contribution >= 4 is 28.7 Å². The molecule has 2 aromatic heterocycles. The SMILES string of the molecule is COC(=O)c1cccc(NC(=O)c2cc(-c3ccc(F)cc3)nc3onc(C)c23)c1. The summed E-state index contributed by atoms with van der Waals surface area (Å²) >= 11 is 0. The van der Waals surface area contributed by atoms with Crippen molar-refractivity contribution in [1.82, 2.24) is 10.1 Å². The van der Waals surface area contributed by atoms with E-state index in [9.17, 15) is 14.0 Å². The van der Waals surface area contributed by atoms with Crippen LogP contribution in [0.2, 0.25) is 0 Å². The Bertz CT molecular complexity index is 1270. The maximum atomic E-state index is 13.3. The number of aromatic nitrogens is 2. The summed E-state index contributed by atoms with van der Waals surface area (Å²) < 4.78 is 23.3. The number of anilines is 1. The number of rotatable bonds is 4. The van der Waals surface area contributed by atoms with Gasteiger partial charge >= 0.3 is 5.97 Å². The van der Waals surface area contributed by atoms with Crippen LogP contribution in [-0.4, -0.2) is 29.1 Å². The standard InChI is InChI=1S/C22H16FN3O4/c1-12-19-17(20(27)24-16-5-3-4-14(10-16)22(28)29-2)11-18(25-21(19)30-26-12)13-6-8-15(23)9-7-13/h3-11H,1-2H3,(H,24,27). The lowest BCUT2D eigenvalue weighted by atomic mass is 10.0. The predicted octanol–water partition coefficient (Wildman–Crippen LogP) is 4.38. The second-order valence-corrected chi connectivity index (χ2v) is 6.54. The van der Waals surface area contributed by atoms with Crippen molar-refractivity contribution in [3.05, 3.63) is 77.2 Å². The van der Waals surface area contributed by atoms with Gasteiger partial charge in [-0.15, -0.1) is 0 Å². The fourth-order valence-corrected chi connectivity index (χ4v) is 3.08. The van der Waals surface area contributed by atoms with Gasteiger partial charge in [0.1, 0.15) is 5.82 Å². The molecule has 0 spiro atoms. The molecule has 8 heteroatoms. The minimum absolute atomic E-state index is 0.197. The van der Waals surface area contributed by atoms with Crippen LogP contribution >= 0.6 is 0 Å². The molecule has 1 amide bonds. The lowest BCUT2D eigenvalue weighted by Gasteiger charge is -2.09. The van der Waals surface area contributed by atoms with E-state index < -0.39 is 11.9 Å². The molecule has 0 aliphatic carbocycles. The van der Waals surface area contributed by atoms with Gasteiger partial charge in [0.05, 0.1) is 35.0 Å². The van der Waals surface area contributed by atoms with Crippen molar-refractivity contribution in [1.29, 1.82) is 0 Å². The van der Waals surface area contributed by atoms with Crippen LogP contribution in [0.1, 0.15) is 26.4 Å². The van der Waals surface area contributed by atoms with Crippen molar-refractivity contribution in [2.24, 2.45) is 0 Å². The Hall–Kier alpha value is -4.07. The van der Waals surface area contributed by atoms with Crippen LogP contribution in [0.25, 0.3) is 22.4 Å². The van der Waals surface area contributed by atoms with E-state index in [4.69, 9.17) is 9.26 Å². The van der Waals surface area contributed by atoms with Crippen molar-refractivity contribution < 1.29 is 23.2 Å². The second-order valence-electron chi connectivity index (χ2n) is 6.54. The molecular formula is C22H16FN3O4. The van der Waals surface area contributed by atoms with Crippen LogP contribution in [0.15, 0.2) is 59.1 Å². The lowest BCUT2D eigenvalue weighted by molar-refractivity contribution is 0.0600. The summed E-state index contributed by atoms with van der Waals surface area (Å²) in [4.78, 5) is 29.2. The summed E-state index contributed by atoms with van der Waals surface area (Å²) in [5, 5.41) is 7.15.